The average molecular weight is 269 g/mol. The van der Waals surface area contributed by atoms with E-state index in [1.165, 1.54) is 18.2 Å². The number of halogens is 3. The molecule has 102 valence electrons. The van der Waals surface area contributed by atoms with Crippen molar-refractivity contribution in [3.63, 3.8) is 0 Å². The van der Waals surface area contributed by atoms with Crippen LogP contribution < -0.4 is 5.32 Å². The molecule has 0 saturated carbocycles. The molecule has 1 aromatic carbocycles. The van der Waals surface area contributed by atoms with Crippen molar-refractivity contribution in [3.8, 4) is 0 Å². The number of carbonyl (C=O) groups excluding carboxylic acids is 1. The van der Waals surface area contributed by atoms with Gasteiger partial charge in [0, 0.05) is 23.6 Å². The summed E-state index contributed by atoms with van der Waals surface area (Å²) in [5.74, 6) is -0.671. The summed E-state index contributed by atoms with van der Waals surface area (Å²) in [7, 11) is 0. The minimum Gasteiger partial charge on any atom is -0.310 e. The van der Waals surface area contributed by atoms with Gasteiger partial charge in [-0.3, -0.25) is 4.79 Å². The first kappa shape index (κ1) is 12.7. The second-order valence-electron chi connectivity index (χ2n) is 5.30. The second kappa shape index (κ2) is 4.34. The molecular weight excluding hydrogens is 255 g/mol. The molecule has 0 aliphatic carbocycles. The van der Waals surface area contributed by atoms with E-state index in [4.69, 9.17) is 0 Å². The lowest BCUT2D eigenvalue weighted by molar-refractivity contribution is -0.137. The zero-order chi connectivity index (χ0) is 13.6. The number of hydrogen-bond donors (Lipinski definition) is 1. The summed E-state index contributed by atoms with van der Waals surface area (Å²) < 4.78 is 38.7. The molecule has 2 saturated heterocycles. The zero-order valence-corrected chi connectivity index (χ0v) is 10.2. The van der Waals surface area contributed by atoms with Crippen molar-refractivity contribution in [2.24, 2.45) is 5.92 Å². The number of carbonyl (C=O) groups is 1. The van der Waals surface area contributed by atoms with Gasteiger partial charge in [0.05, 0.1) is 5.56 Å². The zero-order valence-electron chi connectivity index (χ0n) is 10.2. The molecule has 0 aromatic heterocycles. The van der Waals surface area contributed by atoms with Crippen molar-refractivity contribution in [3.05, 3.63) is 35.4 Å². The lowest BCUT2D eigenvalue weighted by atomic mass is 9.82. The number of nitrogens with one attached hydrogen (secondary N) is 1. The van der Waals surface area contributed by atoms with E-state index < -0.39 is 11.7 Å². The molecule has 2 nitrogen and oxygen atoms in total. The van der Waals surface area contributed by atoms with Crippen LogP contribution in [0.4, 0.5) is 13.2 Å². The molecule has 2 aliphatic heterocycles. The number of rotatable bonds is 2. The smallest absolute Gasteiger partial charge is 0.310 e. The molecule has 19 heavy (non-hydrogen) atoms. The molecule has 3 unspecified atom stereocenters. The first-order valence-corrected chi connectivity index (χ1v) is 6.43. The van der Waals surface area contributed by atoms with E-state index in [2.05, 4.69) is 5.32 Å². The molecule has 2 heterocycles. The lowest BCUT2D eigenvalue weighted by Gasteiger charge is -2.20. The summed E-state index contributed by atoms with van der Waals surface area (Å²) in [5, 5.41) is 3.28. The van der Waals surface area contributed by atoms with Gasteiger partial charge >= 0.3 is 6.18 Å². The van der Waals surface area contributed by atoms with E-state index in [1.807, 2.05) is 0 Å². The highest BCUT2D eigenvalue weighted by Gasteiger charge is 2.44. The molecule has 5 heteroatoms. The van der Waals surface area contributed by atoms with Gasteiger partial charge in [0.15, 0.2) is 5.78 Å². The number of alkyl halides is 3. The molecule has 2 bridgehead atoms. The van der Waals surface area contributed by atoms with Crippen LogP contribution in [0.2, 0.25) is 0 Å². The van der Waals surface area contributed by atoms with E-state index in [-0.39, 0.29) is 23.3 Å². The molecule has 3 rings (SSSR count). The van der Waals surface area contributed by atoms with Crippen molar-refractivity contribution >= 4 is 5.78 Å². The van der Waals surface area contributed by atoms with E-state index in [9.17, 15) is 18.0 Å². The van der Waals surface area contributed by atoms with Gasteiger partial charge in [0.1, 0.15) is 0 Å². The van der Waals surface area contributed by atoms with E-state index in [0.717, 1.165) is 18.9 Å². The standard InChI is InChI=1S/C14H14F3NO/c15-14(16,17)11-4-2-1-3-9(11)13(19)10-7-8-5-6-12(10)18-8/h1-4,8,10,12,18H,5-7H2. The third-order valence-corrected chi connectivity index (χ3v) is 4.13. The molecular formula is C14H14F3NO. The van der Waals surface area contributed by atoms with Crippen LogP contribution in [0.1, 0.15) is 35.2 Å². The summed E-state index contributed by atoms with van der Waals surface area (Å²) in [6.45, 7) is 0. The third kappa shape index (κ3) is 2.16. The monoisotopic (exact) mass is 269 g/mol. The van der Waals surface area contributed by atoms with E-state index in [1.54, 1.807) is 0 Å². The SMILES string of the molecule is O=C(c1ccccc1C(F)(F)F)C1CC2CCC1N2. The van der Waals surface area contributed by atoms with Crippen LogP contribution in [0.15, 0.2) is 24.3 Å². The second-order valence-corrected chi connectivity index (χ2v) is 5.30. The number of ketones is 1. The highest BCUT2D eigenvalue weighted by molar-refractivity contribution is 6.00. The van der Waals surface area contributed by atoms with Crippen molar-refractivity contribution < 1.29 is 18.0 Å². The number of fused-ring (bicyclic) bond motifs is 2. The largest absolute Gasteiger partial charge is 0.417 e. The summed E-state index contributed by atoms with van der Waals surface area (Å²) >= 11 is 0. The average Bonchev–Trinajstić information content (AvgIpc) is 2.99. The Hall–Kier alpha value is -1.36. The Labute approximate surface area is 109 Å². The molecule has 0 radical (unpaired) electrons. The minimum absolute atomic E-state index is 0.0544. The van der Waals surface area contributed by atoms with Gasteiger partial charge in [0.25, 0.3) is 0 Å². The molecule has 0 spiro atoms. The van der Waals surface area contributed by atoms with Crippen LogP contribution >= 0.6 is 0 Å². The van der Waals surface area contributed by atoms with Gasteiger partial charge < -0.3 is 5.32 Å². The Morgan fingerprint density at radius 2 is 1.95 bits per heavy atom. The predicted octanol–water partition coefficient (Wildman–Crippen LogP) is 3.03. The van der Waals surface area contributed by atoms with Gasteiger partial charge in [-0.15, -0.1) is 0 Å². The fourth-order valence-corrected chi connectivity index (χ4v) is 3.26. The number of hydrogen-bond acceptors (Lipinski definition) is 2. The van der Waals surface area contributed by atoms with Crippen LogP contribution in [0.3, 0.4) is 0 Å². The van der Waals surface area contributed by atoms with Crippen molar-refractivity contribution in [1.29, 1.82) is 0 Å². The van der Waals surface area contributed by atoms with Crippen LogP contribution in [0.5, 0.6) is 0 Å². The van der Waals surface area contributed by atoms with Crippen LogP contribution in [0, 0.1) is 5.92 Å². The lowest BCUT2D eigenvalue weighted by Crippen LogP contribution is -2.30. The van der Waals surface area contributed by atoms with Gasteiger partial charge in [-0.05, 0) is 25.3 Å². The van der Waals surface area contributed by atoms with Crippen LogP contribution in [0.25, 0.3) is 0 Å². The predicted molar refractivity (Wildman–Crippen MR) is 63.8 cm³/mol. The molecule has 2 fully saturated rings. The normalized spacial score (nSPS) is 29.7. The molecule has 0 amide bonds. The Bertz CT molecular complexity index is 512. The summed E-state index contributed by atoms with van der Waals surface area (Å²) in [6.07, 6.45) is -1.91. The molecule has 3 atom stereocenters. The first-order chi connectivity index (χ1) is 8.97. The van der Waals surface area contributed by atoms with Gasteiger partial charge in [-0.25, -0.2) is 0 Å². The van der Waals surface area contributed by atoms with Crippen molar-refractivity contribution in [1.82, 2.24) is 5.32 Å². The maximum absolute atomic E-state index is 12.9. The molecule has 1 aromatic rings. The maximum Gasteiger partial charge on any atom is 0.417 e. The van der Waals surface area contributed by atoms with E-state index in [0.29, 0.717) is 12.5 Å². The third-order valence-electron chi connectivity index (χ3n) is 4.13. The Morgan fingerprint density at radius 3 is 2.53 bits per heavy atom. The number of benzene rings is 1. The highest BCUT2D eigenvalue weighted by Crippen LogP contribution is 2.38. The highest BCUT2D eigenvalue weighted by atomic mass is 19.4. The molecule has 1 N–H and O–H groups in total. The summed E-state index contributed by atoms with van der Waals surface area (Å²) in [6, 6.07) is 5.43. The molecule has 2 aliphatic rings. The maximum atomic E-state index is 12.9. The van der Waals surface area contributed by atoms with Gasteiger partial charge in [0.2, 0.25) is 0 Å². The summed E-state index contributed by atoms with van der Waals surface area (Å²) in [4.78, 5) is 12.4. The first-order valence-electron chi connectivity index (χ1n) is 6.43. The van der Waals surface area contributed by atoms with Gasteiger partial charge in [-0.2, -0.15) is 13.2 Å². The fourth-order valence-electron chi connectivity index (χ4n) is 3.26. The van der Waals surface area contributed by atoms with Crippen LogP contribution in [-0.4, -0.2) is 17.9 Å². The van der Waals surface area contributed by atoms with Crippen LogP contribution in [-0.2, 0) is 6.18 Å². The number of Topliss-reactive ketones (excluding diaryl/α,β-unsaturated/α-hetero) is 1. The van der Waals surface area contributed by atoms with Crippen molar-refractivity contribution in [2.75, 3.05) is 0 Å². The quantitative estimate of drug-likeness (QED) is 0.836. The van der Waals surface area contributed by atoms with Gasteiger partial charge in [-0.1, -0.05) is 18.2 Å². The minimum atomic E-state index is -4.47. The Morgan fingerprint density at radius 1 is 1.21 bits per heavy atom. The Balaban J connectivity index is 1.92. The van der Waals surface area contributed by atoms with Crippen molar-refractivity contribution in [2.45, 2.75) is 37.5 Å². The topological polar surface area (TPSA) is 29.1 Å². The summed E-state index contributed by atoms with van der Waals surface area (Å²) in [5.41, 5.74) is -1.00. The van der Waals surface area contributed by atoms with E-state index >= 15 is 0 Å². The fraction of sp³-hybridized carbons (Fsp3) is 0.500. The Kier molecular flexibility index (Phi) is 2.89.